The van der Waals surface area contributed by atoms with Gasteiger partial charge in [0.15, 0.2) is 0 Å². The number of carbonyl (C=O) groups excluding carboxylic acids is 2. The van der Waals surface area contributed by atoms with Crippen molar-refractivity contribution in [2.45, 2.75) is 27.3 Å². The predicted octanol–water partition coefficient (Wildman–Crippen LogP) is 5.55. The molecule has 8 heteroatoms. The number of anilines is 1. The fourth-order valence-corrected chi connectivity index (χ4v) is 4.35. The number of hydrogen-bond acceptors (Lipinski definition) is 5. The van der Waals surface area contributed by atoms with Gasteiger partial charge < -0.3 is 15.1 Å². The van der Waals surface area contributed by atoms with Crippen LogP contribution in [0.3, 0.4) is 0 Å². The van der Waals surface area contributed by atoms with E-state index in [-0.39, 0.29) is 5.91 Å². The number of nitrogens with zero attached hydrogens (tertiary/aromatic N) is 3. The molecule has 38 heavy (non-hydrogen) atoms. The van der Waals surface area contributed by atoms with Crippen LogP contribution in [0.5, 0.6) is 0 Å². The van der Waals surface area contributed by atoms with Crippen LogP contribution >= 0.6 is 15.9 Å². The van der Waals surface area contributed by atoms with Crippen LogP contribution in [0.25, 0.3) is 0 Å². The van der Waals surface area contributed by atoms with Gasteiger partial charge in [0.2, 0.25) is 0 Å². The van der Waals surface area contributed by atoms with Crippen LogP contribution in [0.15, 0.2) is 76.3 Å². The molecule has 2 amide bonds. The Balaban J connectivity index is 1.62. The topological polar surface area (TPSA) is 77.0 Å². The number of aryl methyl sites for hydroxylation is 1. The molecule has 0 unspecified atom stereocenters. The third-order valence-corrected chi connectivity index (χ3v) is 6.75. The fourth-order valence-electron chi connectivity index (χ4n) is 3.99. The van der Waals surface area contributed by atoms with Crippen molar-refractivity contribution >= 4 is 39.6 Å². The lowest BCUT2D eigenvalue weighted by molar-refractivity contribution is 0.0956. The molecule has 0 atom stereocenters. The highest BCUT2D eigenvalue weighted by molar-refractivity contribution is 9.10. The smallest absolute Gasteiger partial charge is 0.273 e. The standard InChI is InChI=1S/C30H36BrN5O2/c1-5-36(6-2)17-16-35(4)21-23-10-12-25(13-11-23)29(37)33-28-15-14-26(31)19-27(28)30(38)34-32-20-24-9-7-8-22(3)18-24/h7-15,18-20H,5-6,16-17,21H2,1-4H3,(H,33,37)(H,34,38). The van der Waals surface area contributed by atoms with Crippen molar-refractivity contribution in [1.82, 2.24) is 15.2 Å². The zero-order valence-electron chi connectivity index (χ0n) is 22.5. The van der Waals surface area contributed by atoms with E-state index in [0.29, 0.717) is 16.8 Å². The SMILES string of the molecule is CCN(CC)CCN(C)Cc1ccc(C(=O)Nc2ccc(Br)cc2C(=O)NN=Cc2cccc(C)c2)cc1. The number of hydrogen-bond donors (Lipinski definition) is 2. The summed E-state index contributed by atoms with van der Waals surface area (Å²) in [7, 11) is 2.11. The molecule has 0 aromatic heterocycles. The highest BCUT2D eigenvalue weighted by Crippen LogP contribution is 2.22. The van der Waals surface area contributed by atoms with Crippen molar-refractivity contribution in [2.24, 2.45) is 5.10 Å². The molecule has 2 N–H and O–H groups in total. The van der Waals surface area contributed by atoms with Gasteiger partial charge in [0.25, 0.3) is 11.8 Å². The lowest BCUT2D eigenvalue weighted by Gasteiger charge is -2.23. The molecule has 0 aliphatic heterocycles. The number of carbonyl (C=O) groups is 2. The molecular weight excluding hydrogens is 542 g/mol. The molecule has 3 aromatic rings. The Kier molecular flexibility index (Phi) is 11.2. The van der Waals surface area contributed by atoms with Gasteiger partial charge in [-0.05, 0) is 68.5 Å². The Morgan fingerprint density at radius 2 is 1.68 bits per heavy atom. The first-order valence-electron chi connectivity index (χ1n) is 12.8. The molecule has 0 radical (unpaired) electrons. The summed E-state index contributed by atoms with van der Waals surface area (Å²) in [5.74, 6) is -0.709. The number of nitrogens with one attached hydrogen (secondary N) is 2. The van der Waals surface area contributed by atoms with E-state index < -0.39 is 5.91 Å². The number of halogens is 1. The van der Waals surface area contributed by atoms with Gasteiger partial charge in [0, 0.05) is 29.7 Å². The summed E-state index contributed by atoms with van der Waals surface area (Å²) in [6.07, 6.45) is 1.59. The number of benzene rings is 3. The summed E-state index contributed by atoms with van der Waals surface area (Å²) in [4.78, 5) is 30.5. The van der Waals surface area contributed by atoms with Crippen molar-refractivity contribution in [3.63, 3.8) is 0 Å². The lowest BCUT2D eigenvalue weighted by atomic mass is 10.1. The van der Waals surface area contributed by atoms with Crippen LogP contribution in [0.4, 0.5) is 5.69 Å². The monoisotopic (exact) mass is 577 g/mol. The number of hydrazone groups is 1. The summed E-state index contributed by atoms with van der Waals surface area (Å²) in [6, 6.07) is 20.5. The quantitative estimate of drug-likeness (QED) is 0.218. The Morgan fingerprint density at radius 1 is 0.947 bits per heavy atom. The van der Waals surface area contributed by atoms with Gasteiger partial charge >= 0.3 is 0 Å². The molecule has 0 saturated heterocycles. The van der Waals surface area contributed by atoms with Gasteiger partial charge in [-0.25, -0.2) is 5.43 Å². The molecule has 0 saturated carbocycles. The Labute approximate surface area is 234 Å². The van der Waals surface area contributed by atoms with Crippen LogP contribution in [0.2, 0.25) is 0 Å². The van der Waals surface area contributed by atoms with Gasteiger partial charge in [0.05, 0.1) is 17.5 Å². The molecular formula is C30H36BrN5O2. The minimum absolute atomic E-state index is 0.286. The first-order chi connectivity index (χ1) is 18.3. The van der Waals surface area contributed by atoms with Crippen molar-refractivity contribution < 1.29 is 9.59 Å². The highest BCUT2D eigenvalue weighted by atomic mass is 79.9. The van der Waals surface area contributed by atoms with Crippen molar-refractivity contribution in [2.75, 3.05) is 38.5 Å². The van der Waals surface area contributed by atoms with E-state index in [1.807, 2.05) is 55.5 Å². The maximum atomic E-state index is 13.0. The second-order valence-corrected chi connectivity index (χ2v) is 10.1. The predicted molar refractivity (Wildman–Crippen MR) is 159 cm³/mol. The van der Waals surface area contributed by atoms with Crippen LogP contribution in [-0.4, -0.2) is 61.1 Å². The molecule has 0 aliphatic rings. The maximum absolute atomic E-state index is 13.0. The number of rotatable bonds is 12. The van der Waals surface area contributed by atoms with Gasteiger partial charge in [0.1, 0.15) is 0 Å². The summed E-state index contributed by atoms with van der Waals surface area (Å²) in [5.41, 5.74) is 6.90. The molecule has 3 aromatic carbocycles. The first kappa shape index (κ1) is 29.2. The van der Waals surface area contributed by atoms with E-state index in [1.54, 1.807) is 24.4 Å². The van der Waals surface area contributed by atoms with Crippen LogP contribution < -0.4 is 10.7 Å². The summed E-state index contributed by atoms with van der Waals surface area (Å²) in [5, 5.41) is 6.94. The largest absolute Gasteiger partial charge is 0.321 e. The average molecular weight is 579 g/mol. The summed E-state index contributed by atoms with van der Waals surface area (Å²) >= 11 is 3.41. The molecule has 7 nitrogen and oxygen atoms in total. The zero-order valence-corrected chi connectivity index (χ0v) is 24.1. The maximum Gasteiger partial charge on any atom is 0.273 e. The van der Waals surface area contributed by atoms with Gasteiger partial charge in [-0.3, -0.25) is 9.59 Å². The highest BCUT2D eigenvalue weighted by Gasteiger charge is 2.15. The third-order valence-electron chi connectivity index (χ3n) is 6.26. The minimum Gasteiger partial charge on any atom is -0.321 e. The Morgan fingerprint density at radius 3 is 2.37 bits per heavy atom. The van der Waals surface area contributed by atoms with E-state index in [1.165, 1.54) is 0 Å². The van der Waals surface area contributed by atoms with E-state index in [2.05, 4.69) is 62.5 Å². The Bertz CT molecular complexity index is 1260. The molecule has 0 aliphatic carbocycles. The van der Waals surface area contributed by atoms with Gasteiger partial charge in [-0.1, -0.05) is 71.7 Å². The minimum atomic E-state index is -0.423. The average Bonchev–Trinajstić information content (AvgIpc) is 2.90. The molecule has 0 bridgehead atoms. The number of amides is 2. The third kappa shape index (κ3) is 8.90. The van der Waals surface area contributed by atoms with Crippen molar-refractivity contribution in [3.8, 4) is 0 Å². The number of likely N-dealkylation sites (N-methyl/N-ethyl adjacent to an activating group) is 2. The van der Waals surface area contributed by atoms with Crippen LogP contribution in [-0.2, 0) is 6.54 Å². The second kappa shape index (κ2) is 14.6. The van der Waals surface area contributed by atoms with E-state index in [0.717, 1.165) is 53.9 Å². The van der Waals surface area contributed by atoms with E-state index in [4.69, 9.17) is 0 Å². The van der Waals surface area contributed by atoms with Crippen molar-refractivity contribution in [3.05, 3.63) is 99.0 Å². The fraction of sp³-hybridized carbons (Fsp3) is 0.300. The van der Waals surface area contributed by atoms with Gasteiger partial charge in [-0.15, -0.1) is 0 Å². The zero-order chi connectivity index (χ0) is 27.5. The summed E-state index contributed by atoms with van der Waals surface area (Å²) < 4.78 is 0.720. The van der Waals surface area contributed by atoms with Crippen LogP contribution in [0.1, 0.15) is 51.3 Å². The first-order valence-corrected chi connectivity index (χ1v) is 13.6. The van der Waals surface area contributed by atoms with Crippen LogP contribution in [0, 0.1) is 6.92 Å². The van der Waals surface area contributed by atoms with Crippen molar-refractivity contribution in [1.29, 1.82) is 0 Å². The molecule has 0 fully saturated rings. The van der Waals surface area contributed by atoms with E-state index >= 15 is 0 Å². The van der Waals surface area contributed by atoms with Gasteiger partial charge in [-0.2, -0.15) is 5.10 Å². The summed E-state index contributed by atoms with van der Waals surface area (Å²) in [6.45, 7) is 11.3. The second-order valence-electron chi connectivity index (χ2n) is 9.22. The lowest BCUT2D eigenvalue weighted by Crippen LogP contribution is -2.32. The molecule has 0 heterocycles. The molecule has 200 valence electrons. The Hall–Kier alpha value is -3.33. The van der Waals surface area contributed by atoms with E-state index in [9.17, 15) is 9.59 Å². The molecule has 0 spiro atoms. The normalized spacial score (nSPS) is 11.3. The molecule has 3 rings (SSSR count).